The molecule has 0 spiro atoms. The molecule has 0 heterocycles. The van der Waals surface area contributed by atoms with E-state index in [9.17, 15) is 4.79 Å². The number of hydrogen-bond donors (Lipinski definition) is 3. The van der Waals surface area contributed by atoms with Crippen molar-refractivity contribution in [2.24, 2.45) is 4.99 Å². The fourth-order valence-corrected chi connectivity index (χ4v) is 1.97. The van der Waals surface area contributed by atoms with Crippen LogP contribution in [-0.4, -0.2) is 44.1 Å². The maximum atomic E-state index is 11.6. The molecule has 1 aromatic rings. The molecule has 23 heavy (non-hydrogen) atoms. The number of hydrogen-bond acceptors (Lipinski definition) is 3. The minimum atomic E-state index is -0.0272. The second-order valence-corrected chi connectivity index (χ2v) is 5.63. The monoisotopic (exact) mass is 318 g/mol. The van der Waals surface area contributed by atoms with Crippen LogP contribution < -0.4 is 20.7 Å². The number of carbonyl (C=O) groups excluding carboxylic acids is 1. The molecule has 0 aromatic heterocycles. The summed E-state index contributed by atoms with van der Waals surface area (Å²) in [5.74, 6) is 1.45. The Morgan fingerprint density at radius 2 is 2.00 bits per heavy atom. The molecule has 2 rings (SSSR count). The molecule has 3 N–H and O–H groups in total. The normalized spacial score (nSPS) is 14.3. The van der Waals surface area contributed by atoms with Crippen molar-refractivity contribution in [1.29, 1.82) is 0 Å². The zero-order valence-electron chi connectivity index (χ0n) is 13.9. The van der Waals surface area contributed by atoms with Gasteiger partial charge >= 0.3 is 0 Å². The predicted octanol–water partition coefficient (Wildman–Crippen LogP) is 1.21. The van der Waals surface area contributed by atoms with E-state index in [1.165, 1.54) is 5.56 Å². The average molecular weight is 318 g/mol. The van der Waals surface area contributed by atoms with Crippen molar-refractivity contribution in [3.63, 3.8) is 0 Å². The molecule has 0 aliphatic heterocycles. The molecular weight excluding hydrogens is 292 g/mol. The first-order valence-electron chi connectivity index (χ1n) is 8.18. The predicted molar refractivity (Wildman–Crippen MR) is 91.8 cm³/mol. The first kappa shape index (κ1) is 17.1. The van der Waals surface area contributed by atoms with E-state index < -0.39 is 0 Å². The summed E-state index contributed by atoms with van der Waals surface area (Å²) in [6.45, 7) is 6.07. The van der Waals surface area contributed by atoms with Crippen LogP contribution in [0.25, 0.3) is 0 Å². The Balaban J connectivity index is 1.68. The van der Waals surface area contributed by atoms with Gasteiger partial charge in [-0.05, 0) is 38.8 Å². The second kappa shape index (κ2) is 9.02. The van der Waals surface area contributed by atoms with Gasteiger partial charge in [-0.15, -0.1) is 0 Å². The van der Waals surface area contributed by atoms with Crippen LogP contribution in [0.3, 0.4) is 0 Å². The lowest BCUT2D eigenvalue weighted by molar-refractivity contribution is -0.119. The molecule has 1 aliphatic carbocycles. The molecule has 0 atom stereocenters. The topological polar surface area (TPSA) is 74.8 Å². The van der Waals surface area contributed by atoms with Gasteiger partial charge < -0.3 is 20.7 Å². The van der Waals surface area contributed by atoms with Crippen LogP contribution in [-0.2, 0) is 4.79 Å². The number of guanidine groups is 1. The van der Waals surface area contributed by atoms with Crippen LogP contribution in [0.5, 0.6) is 5.75 Å². The highest BCUT2D eigenvalue weighted by atomic mass is 16.5. The summed E-state index contributed by atoms with van der Waals surface area (Å²) in [6.07, 6.45) is 2.17. The molecule has 0 unspecified atom stereocenters. The lowest BCUT2D eigenvalue weighted by atomic mass is 10.2. The van der Waals surface area contributed by atoms with Gasteiger partial charge in [0, 0.05) is 12.6 Å². The van der Waals surface area contributed by atoms with Gasteiger partial charge in [0.15, 0.2) is 5.96 Å². The Morgan fingerprint density at radius 1 is 1.26 bits per heavy atom. The summed E-state index contributed by atoms with van der Waals surface area (Å²) < 4.78 is 5.65. The number of amides is 1. The lowest BCUT2D eigenvalue weighted by Crippen LogP contribution is -2.40. The molecule has 0 bridgehead atoms. The van der Waals surface area contributed by atoms with Crippen LogP contribution in [0.1, 0.15) is 25.3 Å². The summed E-state index contributed by atoms with van der Waals surface area (Å²) in [4.78, 5) is 15.9. The van der Waals surface area contributed by atoms with Crippen LogP contribution >= 0.6 is 0 Å². The van der Waals surface area contributed by atoms with Crippen LogP contribution in [0.4, 0.5) is 0 Å². The number of aliphatic imine (C=N–C) groups is 1. The lowest BCUT2D eigenvalue weighted by Gasteiger charge is -2.12. The van der Waals surface area contributed by atoms with Gasteiger partial charge in [0.25, 0.3) is 0 Å². The summed E-state index contributed by atoms with van der Waals surface area (Å²) in [5.41, 5.74) is 1.21. The van der Waals surface area contributed by atoms with E-state index >= 15 is 0 Å². The number of nitrogens with one attached hydrogen (secondary N) is 3. The number of rotatable bonds is 8. The Hall–Kier alpha value is -2.24. The maximum absolute atomic E-state index is 11.6. The number of aryl methyl sites for hydroxylation is 1. The molecule has 6 nitrogen and oxygen atoms in total. The number of nitrogens with zero attached hydrogens (tertiary/aromatic N) is 1. The molecule has 0 saturated heterocycles. The molecule has 1 fully saturated rings. The highest BCUT2D eigenvalue weighted by Crippen LogP contribution is 2.18. The summed E-state index contributed by atoms with van der Waals surface area (Å²) in [7, 11) is 0. The Kier molecular flexibility index (Phi) is 6.72. The summed E-state index contributed by atoms with van der Waals surface area (Å²) in [6, 6.07) is 8.32. The largest absolute Gasteiger partial charge is 0.492 e. The van der Waals surface area contributed by atoms with E-state index in [1.807, 2.05) is 38.1 Å². The first-order valence-corrected chi connectivity index (χ1v) is 8.18. The summed E-state index contributed by atoms with van der Waals surface area (Å²) in [5, 5.41) is 9.20. The molecule has 1 aromatic carbocycles. The minimum absolute atomic E-state index is 0.0272. The molecular formula is C17H26N4O2. The Bertz CT molecular complexity index is 524. The van der Waals surface area contributed by atoms with Crippen molar-refractivity contribution in [3.05, 3.63) is 29.8 Å². The highest BCUT2D eigenvalue weighted by Gasteiger charge is 2.22. The van der Waals surface area contributed by atoms with Gasteiger partial charge in [-0.25, -0.2) is 4.99 Å². The standard InChI is InChI=1S/C17H26N4O2/c1-3-18-17(20-12-16(22)21-14-6-7-14)19-10-11-23-15-8-4-13(2)5-9-15/h4-5,8-9,14H,3,6-7,10-12H2,1-2H3,(H,21,22)(H2,18,19,20). The quantitative estimate of drug-likeness (QED) is 0.383. The fourth-order valence-electron chi connectivity index (χ4n) is 1.97. The highest BCUT2D eigenvalue weighted by molar-refractivity contribution is 5.85. The van der Waals surface area contributed by atoms with Gasteiger partial charge in [-0.3, -0.25) is 4.79 Å². The fraction of sp³-hybridized carbons (Fsp3) is 0.529. The van der Waals surface area contributed by atoms with Gasteiger partial charge in [-0.2, -0.15) is 0 Å². The van der Waals surface area contributed by atoms with Crippen LogP contribution in [0, 0.1) is 6.92 Å². The van der Waals surface area contributed by atoms with Gasteiger partial charge in [0.05, 0.1) is 6.54 Å². The minimum Gasteiger partial charge on any atom is -0.492 e. The van der Waals surface area contributed by atoms with E-state index in [2.05, 4.69) is 20.9 Å². The third-order valence-electron chi connectivity index (χ3n) is 3.35. The molecule has 126 valence electrons. The van der Waals surface area contributed by atoms with Crippen molar-refractivity contribution < 1.29 is 9.53 Å². The SMILES string of the molecule is CCNC(=NCC(=O)NC1CC1)NCCOc1ccc(C)cc1. The number of benzene rings is 1. The zero-order valence-corrected chi connectivity index (χ0v) is 13.9. The number of carbonyl (C=O) groups is 1. The van der Waals surface area contributed by atoms with Crippen molar-refractivity contribution in [2.75, 3.05) is 26.2 Å². The summed E-state index contributed by atoms with van der Waals surface area (Å²) >= 11 is 0. The first-order chi connectivity index (χ1) is 11.2. The maximum Gasteiger partial charge on any atom is 0.242 e. The molecule has 6 heteroatoms. The molecule has 0 radical (unpaired) electrons. The van der Waals surface area contributed by atoms with Crippen molar-refractivity contribution in [3.8, 4) is 5.75 Å². The van der Waals surface area contributed by atoms with Gasteiger partial charge in [0.2, 0.25) is 5.91 Å². The number of ether oxygens (including phenoxy) is 1. The van der Waals surface area contributed by atoms with E-state index in [4.69, 9.17) is 4.74 Å². The molecule has 1 aliphatic rings. The third kappa shape index (κ3) is 7.04. The van der Waals surface area contributed by atoms with Crippen molar-refractivity contribution in [2.45, 2.75) is 32.7 Å². The third-order valence-corrected chi connectivity index (χ3v) is 3.35. The average Bonchev–Trinajstić information content (AvgIpc) is 3.34. The molecule has 1 saturated carbocycles. The van der Waals surface area contributed by atoms with E-state index in [1.54, 1.807) is 0 Å². The van der Waals surface area contributed by atoms with Crippen molar-refractivity contribution >= 4 is 11.9 Å². The Morgan fingerprint density at radius 3 is 2.65 bits per heavy atom. The van der Waals surface area contributed by atoms with E-state index in [0.29, 0.717) is 25.2 Å². The van der Waals surface area contributed by atoms with E-state index in [0.717, 1.165) is 25.1 Å². The van der Waals surface area contributed by atoms with Crippen LogP contribution in [0.2, 0.25) is 0 Å². The zero-order chi connectivity index (χ0) is 16.5. The van der Waals surface area contributed by atoms with Crippen molar-refractivity contribution in [1.82, 2.24) is 16.0 Å². The second-order valence-electron chi connectivity index (χ2n) is 5.63. The Labute approximate surface area is 137 Å². The van der Waals surface area contributed by atoms with Gasteiger partial charge in [0.1, 0.15) is 18.9 Å². The smallest absolute Gasteiger partial charge is 0.242 e. The molecule has 1 amide bonds. The van der Waals surface area contributed by atoms with Crippen LogP contribution in [0.15, 0.2) is 29.3 Å². The van der Waals surface area contributed by atoms with E-state index in [-0.39, 0.29) is 12.5 Å². The van der Waals surface area contributed by atoms with Gasteiger partial charge in [-0.1, -0.05) is 17.7 Å².